The van der Waals surface area contributed by atoms with Gasteiger partial charge in [-0.05, 0) is 49.1 Å². The van der Waals surface area contributed by atoms with Crippen molar-refractivity contribution in [1.82, 2.24) is 19.7 Å². The predicted octanol–water partition coefficient (Wildman–Crippen LogP) is 4.81. The van der Waals surface area contributed by atoms with Crippen LogP contribution in [0.4, 0.5) is 4.39 Å². The van der Waals surface area contributed by atoms with Gasteiger partial charge in [-0.2, -0.15) is 10.4 Å². The van der Waals surface area contributed by atoms with Crippen LogP contribution in [0.15, 0.2) is 36.5 Å². The number of nitrogens with zero attached hydrogens (tertiary/aromatic N) is 4. The Kier molecular flexibility index (Phi) is 4.52. The number of nitrogens with one attached hydrogen (secondary N) is 1. The SMILES string of the molecule is CC(C)(CC#N)c1c(C2CC(C(=O)O)C2)c2nc3[nH]ncc3cc2n1-c1ccc(F)cc1. The molecular formula is C24H22FN5O2. The van der Waals surface area contributed by atoms with E-state index in [1.165, 1.54) is 12.1 Å². The van der Waals surface area contributed by atoms with Crippen molar-refractivity contribution in [2.24, 2.45) is 5.92 Å². The number of hydrogen-bond acceptors (Lipinski definition) is 4. The predicted molar refractivity (Wildman–Crippen MR) is 117 cm³/mol. The molecule has 1 aliphatic carbocycles. The van der Waals surface area contributed by atoms with Crippen LogP contribution < -0.4 is 0 Å². The Bertz CT molecular complexity index is 1390. The monoisotopic (exact) mass is 431 g/mol. The molecule has 1 aromatic carbocycles. The molecule has 0 unspecified atom stereocenters. The number of benzene rings is 1. The first-order valence-corrected chi connectivity index (χ1v) is 10.5. The number of pyridine rings is 1. The number of aromatic nitrogens is 4. The minimum absolute atomic E-state index is 0.0149. The maximum atomic E-state index is 13.7. The van der Waals surface area contributed by atoms with E-state index in [4.69, 9.17) is 4.98 Å². The van der Waals surface area contributed by atoms with Gasteiger partial charge in [-0.1, -0.05) is 13.8 Å². The molecule has 1 fully saturated rings. The molecule has 0 saturated heterocycles. The first-order valence-electron chi connectivity index (χ1n) is 10.5. The number of nitriles is 1. The Hall–Kier alpha value is -3.73. The number of aliphatic carboxylic acids is 1. The molecule has 2 N–H and O–H groups in total. The van der Waals surface area contributed by atoms with E-state index in [1.54, 1.807) is 18.3 Å². The van der Waals surface area contributed by atoms with Crippen molar-refractivity contribution in [3.05, 3.63) is 53.6 Å². The molecule has 1 saturated carbocycles. The van der Waals surface area contributed by atoms with Gasteiger partial charge in [0.05, 0.1) is 29.2 Å². The first-order chi connectivity index (χ1) is 15.3. The zero-order chi connectivity index (χ0) is 22.6. The van der Waals surface area contributed by atoms with E-state index in [1.807, 2.05) is 19.9 Å². The van der Waals surface area contributed by atoms with Gasteiger partial charge in [0, 0.05) is 34.2 Å². The fourth-order valence-electron chi connectivity index (χ4n) is 4.84. The van der Waals surface area contributed by atoms with Gasteiger partial charge in [0.15, 0.2) is 5.65 Å². The van der Waals surface area contributed by atoms with Gasteiger partial charge in [0.2, 0.25) is 0 Å². The van der Waals surface area contributed by atoms with Gasteiger partial charge in [-0.25, -0.2) is 9.37 Å². The number of halogens is 1. The largest absolute Gasteiger partial charge is 0.481 e. The van der Waals surface area contributed by atoms with E-state index in [-0.39, 0.29) is 24.1 Å². The number of carboxylic acids is 1. The van der Waals surface area contributed by atoms with Gasteiger partial charge in [-0.3, -0.25) is 9.89 Å². The molecule has 0 bridgehead atoms. The van der Waals surface area contributed by atoms with E-state index < -0.39 is 11.4 Å². The molecular weight excluding hydrogens is 409 g/mol. The fourth-order valence-corrected chi connectivity index (χ4v) is 4.84. The minimum atomic E-state index is -0.787. The van der Waals surface area contributed by atoms with Gasteiger partial charge in [0.1, 0.15) is 5.82 Å². The number of fused-ring (bicyclic) bond motifs is 2. The smallest absolute Gasteiger partial charge is 0.306 e. The standard InChI is InChI=1S/C24H22FN5O2/c1-24(2,7-8-26)21-19(13-9-14(10-13)23(31)32)20-18(11-15-12-27-29-22(15)28-20)30(21)17-5-3-16(25)4-6-17/h3-6,11-14H,7,9-10H2,1-2H3,(H,31,32)(H,27,28,29). The van der Waals surface area contributed by atoms with Gasteiger partial charge in [-0.15, -0.1) is 0 Å². The number of H-pyrrole nitrogens is 1. The third-order valence-electron chi connectivity index (χ3n) is 6.52. The number of rotatable bonds is 5. The minimum Gasteiger partial charge on any atom is -0.481 e. The zero-order valence-corrected chi connectivity index (χ0v) is 17.8. The van der Waals surface area contributed by atoms with Crippen molar-refractivity contribution in [2.45, 2.75) is 44.4 Å². The summed E-state index contributed by atoms with van der Waals surface area (Å²) < 4.78 is 15.8. The average Bonchev–Trinajstić information content (AvgIpc) is 3.28. The van der Waals surface area contributed by atoms with Crippen LogP contribution in [0.25, 0.3) is 27.8 Å². The number of hydrogen-bond donors (Lipinski definition) is 2. The lowest BCUT2D eigenvalue weighted by Gasteiger charge is -2.35. The summed E-state index contributed by atoms with van der Waals surface area (Å²) >= 11 is 0. The number of carboxylic acid groups (broad SMARTS) is 1. The maximum absolute atomic E-state index is 13.7. The number of carbonyl (C=O) groups is 1. The van der Waals surface area contributed by atoms with Crippen LogP contribution in [0, 0.1) is 23.1 Å². The Labute approximate surface area is 183 Å². The van der Waals surface area contributed by atoms with Crippen molar-refractivity contribution in [1.29, 1.82) is 5.26 Å². The Morgan fingerprint density at radius 1 is 1.34 bits per heavy atom. The van der Waals surface area contributed by atoms with Gasteiger partial charge < -0.3 is 9.67 Å². The molecule has 0 radical (unpaired) electrons. The molecule has 0 spiro atoms. The third-order valence-corrected chi connectivity index (χ3v) is 6.52. The molecule has 3 heterocycles. The summed E-state index contributed by atoms with van der Waals surface area (Å²) in [5.41, 5.74) is 4.36. The molecule has 0 aliphatic heterocycles. The summed E-state index contributed by atoms with van der Waals surface area (Å²) in [7, 11) is 0. The molecule has 5 rings (SSSR count). The van der Waals surface area contributed by atoms with Crippen LogP contribution in [0.1, 0.15) is 50.3 Å². The molecule has 4 aromatic rings. The normalized spacial score (nSPS) is 18.6. The van der Waals surface area contributed by atoms with Crippen LogP contribution >= 0.6 is 0 Å². The van der Waals surface area contributed by atoms with Crippen LogP contribution in [-0.2, 0) is 10.2 Å². The lowest BCUT2D eigenvalue weighted by atomic mass is 9.68. The first kappa shape index (κ1) is 20.2. The van der Waals surface area contributed by atoms with E-state index in [0.717, 1.165) is 33.4 Å². The van der Waals surface area contributed by atoms with Crippen molar-refractivity contribution >= 4 is 28.0 Å². The molecule has 1 aliphatic rings. The summed E-state index contributed by atoms with van der Waals surface area (Å²) in [6.45, 7) is 4.02. The van der Waals surface area contributed by atoms with Gasteiger partial charge in [0.25, 0.3) is 0 Å². The van der Waals surface area contributed by atoms with Crippen LogP contribution in [0.5, 0.6) is 0 Å². The van der Waals surface area contributed by atoms with Crippen molar-refractivity contribution in [3.8, 4) is 11.8 Å². The second-order valence-corrected chi connectivity index (χ2v) is 9.16. The van der Waals surface area contributed by atoms with Crippen LogP contribution in [0.3, 0.4) is 0 Å². The molecule has 0 amide bonds. The molecule has 8 heteroatoms. The topological polar surface area (TPSA) is 108 Å². The lowest BCUT2D eigenvalue weighted by molar-refractivity contribution is -0.145. The number of aromatic amines is 1. The van der Waals surface area contributed by atoms with Gasteiger partial charge >= 0.3 is 5.97 Å². The second-order valence-electron chi connectivity index (χ2n) is 9.16. The van der Waals surface area contributed by atoms with Crippen LogP contribution in [-0.4, -0.2) is 30.8 Å². The lowest BCUT2D eigenvalue weighted by Crippen LogP contribution is -2.31. The van der Waals surface area contributed by atoms with Crippen molar-refractivity contribution in [2.75, 3.05) is 0 Å². The van der Waals surface area contributed by atoms with Crippen molar-refractivity contribution < 1.29 is 14.3 Å². The summed E-state index contributed by atoms with van der Waals surface area (Å²) in [4.78, 5) is 16.4. The maximum Gasteiger partial charge on any atom is 0.306 e. The molecule has 3 aromatic heterocycles. The van der Waals surface area contributed by atoms with E-state index >= 15 is 0 Å². The molecule has 162 valence electrons. The zero-order valence-electron chi connectivity index (χ0n) is 17.8. The molecule has 7 nitrogen and oxygen atoms in total. The highest BCUT2D eigenvalue weighted by atomic mass is 19.1. The van der Waals surface area contributed by atoms with E-state index in [0.29, 0.717) is 18.5 Å². The highest BCUT2D eigenvalue weighted by Crippen LogP contribution is 2.50. The summed E-state index contributed by atoms with van der Waals surface area (Å²) in [5.74, 6) is -1.49. The van der Waals surface area contributed by atoms with Crippen molar-refractivity contribution in [3.63, 3.8) is 0 Å². The fraction of sp³-hybridized carbons (Fsp3) is 0.333. The quantitative estimate of drug-likeness (QED) is 0.471. The van der Waals surface area contributed by atoms with Crippen LogP contribution in [0.2, 0.25) is 0 Å². The average molecular weight is 431 g/mol. The summed E-state index contributed by atoms with van der Waals surface area (Å²) in [6.07, 6.45) is 3.02. The second kappa shape index (κ2) is 7.16. The molecule has 32 heavy (non-hydrogen) atoms. The Morgan fingerprint density at radius 2 is 2.06 bits per heavy atom. The third kappa shape index (κ3) is 3.04. The highest BCUT2D eigenvalue weighted by molar-refractivity contribution is 5.94. The molecule has 0 atom stereocenters. The van der Waals surface area contributed by atoms with E-state index in [9.17, 15) is 19.6 Å². The Morgan fingerprint density at radius 3 is 2.72 bits per heavy atom. The van der Waals surface area contributed by atoms with E-state index in [2.05, 4.69) is 20.8 Å². The summed E-state index contributed by atoms with van der Waals surface area (Å²) in [5, 5.41) is 26.8. The Balaban J connectivity index is 1.86. The highest BCUT2D eigenvalue weighted by Gasteiger charge is 2.42. The summed E-state index contributed by atoms with van der Waals surface area (Å²) in [6, 6.07) is 10.5.